The molecule has 0 saturated heterocycles. The third-order valence-electron chi connectivity index (χ3n) is 3.08. The summed E-state index contributed by atoms with van der Waals surface area (Å²) in [5.41, 5.74) is 0.340. The molecule has 3 aromatic rings. The molecule has 0 bridgehead atoms. The fraction of sp³-hybridized carbons (Fsp3) is 0. The van der Waals surface area contributed by atoms with Crippen LogP contribution in [0.4, 0.5) is 0 Å². The molecular formula is C15H11NO4S. The van der Waals surface area contributed by atoms with Gasteiger partial charge in [0.15, 0.2) is 11.0 Å². The first-order valence-electron chi connectivity index (χ1n) is 6.12. The van der Waals surface area contributed by atoms with Crippen LogP contribution in [0.2, 0.25) is 0 Å². The van der Waals surface area contributed by atoms with Crippen LogP contribution < -0.4 is 10.6 Å². The van der Waals surface area contributed by atoms with Crippen molar-refractivity contribution in [1.82, 2.24) is 0 Å². The lowest BCUT2D eigenvalue weighted by molar-refractivity contribution is 0.586. The number of sulfonamides is 1. The van der Waals surface area contributed by atoms with Gasteiger partial charge in [0.25, 0.3) is 0 Å². The van der Waals surface area contributed by atoms with Crippen molar-refractivity contribution < 1.29 is 12.8 Å². The first kappa shape index (κ1) is 13.5. The number of hydrogen-bond donors (Lipinski definition) is 1. The van der Waals surface area contributed by atoms with Crippen LogP contribution in [0.1, 0.15) is 0 Å². The summed E-state index contributed by atoms with van der Waals surface area (Å²) >= 11 is 0. The van der Waals surface area contributed by atoms with Crippen LogP contribution in [0.3, 0.4) is 0 Å². The summed E-state index contributed by atoms with van der Waals surface area (Å²) in [4.78, 5) is 12.0. The van der Waals surface area contributed by atoms with Crippen LogP contribution in [0, 0.1) is 0 Å². The molecule has 3 rings (SSSR count). The van der Waals surface area contributed by atoms with E-state index >= 15 is 0 Å². The second-order valence-electron chi connectivity index (χ2n) is 4.52. The third-order valence-corrected chi connectivity index (χ3v) is 4.02. The molecule has 0 spiro atoms. The van der Waals surface area contributed by atoms with E-state index in [9.17, 15) is 13.2 Å². The monoisotopic (exact) mass is 301 g/mol. The zero-order valence-electron chi connectivity index (χ0n) is 10.8. The van der Waals surface area contributed by atoms with Crippen LogP contribution >= 0.6 is 0 Å². The molecule has 0 amide bonds. The van der Waals surface area contributed by atoms with E-state index in [2.05, 4.69) is 0 Å². The minimum Gasteiger partial charge on any atom is -0.454 e. The Labute approximate surface area is 120 Å². The Morgan fingerprint density at radius 3 is 2.33 bits per heavy atom. The molecule has 2 N–H and O–H groups in total. The number of rotatable bonds is 2. The molecule has 0 radical (unpaired) electrons. The zero-order chi connectivity index (χ0) is 15.0. The molecule has 21 heavy (non-hydrogen) atoms. The van der Waals surface area contributed by atoms with E-state index in [0.717, 1.165) is 0 Å². The van der Waals surface area contributed by atoms with Crippen molar-refractivity contribution in [2.75, 3.05) is 0 Å². The first-order chi connectivity index (χ1) is 9.97. The standard InChI is InChI=1S/C15H11NO4S/c16-21(18,19)14-8-4-7-11-12(17)9-13(20-15(11)14)10-5-2-1-3-6-10/h1-9H,(H2,16,18,19). The summed E-state index contributed by atoms with van der Waals surface area (Å²) < 4.78 is 28.9. The van der Waals surface area contributed by atoms with Gasteiger partial charge in [-0.05, 0) is 12.1 Å². The highest BCUT2D eigenvalue weighted by molar-refractivity contribution is 7.89. The van der Waals surface area contributed by atoms with Gasteiger partial charge in [0, 0.05) is 11.6 Å². The Hall–Kier alpha value is -2.44. The molecule has 0 unspecified atom stereocenters. The number of para-hydroxylation sites is 1. The van der Waals surface area contributed by atoms with Gasteiger partial charge in [-0.1, -0.05) is 36.4 Å². The van der Waals surface area contributed by atoms with E-state index in [4.69, 9.17) is 9.56 Å². The Kier molecular flexibility index (Phi) is 3.12. The normalized spacial score (nSPS) is 11.7. The fourth-order valence-corrected chi connectivity index (χ4v) is 2.80. The highest BCUT2D eigenvalue weighted by atomic mass is 32.2. The van der Waals surface area contributed by atoms with Crippen molar-refractivity contribution in [3.05, 3.63) is 64.8 Å². The highest BCUT2D eigenvalue weighted by Crippen LogP contribution is 2.25. The smallest absolute Gasteiger partial charge is 0.241 e. The van der Waals surface area contributed by atoms with Crippen LogP contribution in [-0.2, 0) is 10.0 Å². The van der Waals surface area contributed by atoms with Crippen molar-refractivity contribution in [2.45, 2.75) is 4.90 Å². The van der Waals surface area contributed by atoms with Crippen molar-refractivity contribution in [2.24, 2.45) is 5.14 Å². The minimum absolute atomic E-state index is 0.0219. The molecule has 0 fully saturated rings. The second-order valence-corrected chi connectivity index (χ2v) is 6.05. The lowest BCUT2D eigenvalue weighted by Gasteiger charge is -2.06. The molecule has 106 valence electrons. The molecule has 0 aliphatic carbocycles. The molecule has 1 aromatic heterocycles. The lowest BCUT2D eigenvalue weighted by Crippen LogP contribution is -2.13. The van der Waals surface area contributed by atoms with Crippen LogP contribution in [0.5, 0.6) is 0 Å². The van der Waals surface area contributed by atoms with Gasteiger partial charge in [-0.3, -0.25) is 4.79 Å². The number of hydrogen-bond acceptors (Lipinski definition) is 4. The first-order valence-corrected chi connectivity index (χ1v) is 7.66. The van der Waals surface area contributed by atoms with Gasteiger partial charge in [0.1, 0.15) is 10.7 Å². The molecule has 0 atom stereocenters. The summed E-state index contributed by atoms with van der Waals surface area (Å²) in [6, 6.07) is 14.6. The highest BCUT2D eigenvalue weighted by Gasteiger charge is 2.17. The molecule has 5 nitrogen and oxygen atoms in total. The average molecular weight is 301 g/mol. The predicted molar refractivity (Wildman–Crippen MR) is 79.3 cm³/mol. The van der Waals surface area contributed by atoms with Crippen molar-refractivity contribution >= 4 is 21.0 Å². The van der Waals surface area contributed by atoms with Gasteiger partial charge >= 0.3 is 0 Å². The maximum Gasteiger partial charge on any atom is 0.241 e. The van der Waals surface area contributed by atoms with E-state index in [1.165, 1.54) is 24.3 Å². The minimum atomic E-state index is -3.98. The predicted octanol–water partition coefficient (Wildman–Crippen LogP) is 2.11. The fourth-order valence-electron chi connectivity index (χ4n) is 2.12. The quantitative estimate of drug-likeness (QED) is 0.785. The third kappa shape index (κ3) is 2.46. The maximum absolute atomic E-state index is 12.2. The molecule has 2 aromatic carbocycles. The van der Waals surface area contributed by atoms with Gasteiger partial charge in [0.05, 0.1) is 5.39 Å². The Morgan fingerprint density at radius 2 is 1.67 bits per heavy atom. The number of fused-ring (bicyclic) bond motifs is 1. The van der Waals surface area contributed by atoms with Gasteiger partial charge in [-0.15, -0.1) is 0 Å². The van der Waals surface area contributed by atoms with E-state index in [-0.39, 0.29) is 21.3 Å². The molecule has 0 saturated carbocycles. The topological polar surface area (TPSA) is 90.4 Å². The lowest BCUT2D eigenvalue weighted by atomic mass is 10.1. The summed E-state index contributed by atoms with van der Waals surface area (Å²) in [6.45, 7) is 0. The van der Waals surface area contributed by atoms with Crippen molar-refractivity contribution in [1.29, 1.82) is 0 Å². The molecule has 0 aliphatic heterocycles. The zero-order valence-corrected chi connectivity index (χ0v) is 11.6. The number of nitrogens with two attached hydrogens (primary N) is 1. The van der Waals surface area contributed by atoms with Crippen LogP contribution in [0.25, 0.3) is 22.3 Å². The van der Waals surface area contributed by atoms with E-state index < -0.39 is 10.0 Å². The Balaban J connectivity index is 2.41. The molecular weight excluding hydrogens is 290 g/mol. The van der Waals surface area contributed by atoms with Crippen molar-refractivity contribution in [3.63, 3.8) is 0 Å². The summed E-state index contributed by atoms with van der Waals surface area (Å²) in [5.74, 6) is 0.296. The number of benzene rings is 2. The van der Waals surface area contributed by atoms with E-state index in [0.29, 0.717) is 11.3 Å². The summed E-state index contributed by atoms with van der Waals surface area (Å²) in [7, 11) is -3.98. The van der Waals surface area contributed by atoms with Gasteiger partial charge < -0.3 is 4.42 Å². The SMILES string of the molecule is NS(=O)(=O)c1cccc2c(=O)cc(-c3ccccc3)oc12. The largest absolute Gasteiger partial charge is 0.454 e. The summed E-state index contributed by atoms with van der Waals surface area (Å²) in [6.07, 6.45) is 0. The second kappa shape index (κ2) is 4.83. The average Bonchev–Trinajstić information content (AvgIpc) is 2.46. The van der Waals surface area contributed by atoms with Crippen molar-refractivity contribution in [3.8, 4) is 11.3 Å². The van der Waals surface area contributed by atoms with Gasteiger partial charge in [0.2, 0.25) is 10.0 Å². The van der Waals surface area contributed by atoms with Crippen LogP contribution in [0.15, 0.2) is 68.7 Å². The Bertz CT molecular complexity index is 975. The van der Waals surface area contributed by atoms with Crippen LogP contribution in [-0.4, -0.2) is 8.42 Å². The molecule has 0 aliphatic rings. The van der Waals surface area contributed by atoms with Gasteiger partial charge in [-0.25, -0.2) is 13.6 Å². The molecule has 1 heterocycles. The summed E-state index contributed by atoms with van der Waals surface area (Å²) in [5, 5.41) is 5.35. The van der Waals surface area contributed by atoms with Gasteiger partial charge in [-0.2, -0.15) is 0 Å². The molecule has 6 heteroatoms. The maximum atomic E-state index is 12.2. The van der Waals surface area contributed by atoms with E-state index in [1.54, 1.807) is 24.3 Å². The van der Waals surface area contributed by atoms with E-state index in [1.807, 2.05) is 6.07 Å². The Morgan fingerprint density at radius 1 is 0.952 bits per heavy atom. The number of primary sulfonamides is 1.